The molecule has 0 aromatic heterocycles. The number of esters is 1. The van der Waals surface area contributed by atoms with E-state index in [9.17, 15) is 14.4 Å². The average molecular weight is 293 g/mol. The molecular weight excluding hydrogens is 274 g/mol. The molecule has 114 valence electrons. The summed E-state index contributed by atoms with van der Waals surface area (Å²) in [4.78, 5) is 33.9. The van der Waals surface area contributed by atoms with Gasteiger partial charge in [-0.25, -0.2) is 4.79 Å². The second kappa shape index (κ2) is 9.52. The molecule has 0 saturated carbocycles. The van der Waals surface area contributed by atoms with E-state index in [0.717, 1.165) is 5.56 Å². The van der Waals surface area contributed by atoms with Crippen molar-refractivity contribution in [1.29, 1.82) is 0 Å². The van der Waals surface area contributed by atoms with Crippen LogP contribution >= 0.6 is 0 Å². The van der Waals surface area contributed by atoms with Crippen LogP contribution in [0.1, 0.15) is 25.3 Å². The lowest BCUT2D eigenvalue weighted by Crippen LogP contribution is -2.30. The number of benzene rings is 1. The Hall–Kier alpha value is -2.37. The van der Waals surface area contributed by atoms with Gasteiger partial charge < -0.3 is 14.8 Å². The zero-order chi connectivity index (χ0) is 15.5. The van der Waals surface area contributed by atoms with Gasteiger partial charge in [-0.3, -0.25) is 9.59 Å². The van der Waals surface area contributed by atoms with Crippen LogP contribution in [0, 0.1) is 0 Å². The molecular formula is C15H19NO5. The van der Waals surface area contributed by atoms with Crippen molar-refractivity contribution in [2.24, 2.45) is 0 Å². The van der Waals surface area contributed by atoms with Crippen molar-refractivity contribution in [3.63, 3.8) is 0 Å². The normalized spacial score (nSPS) is 9.76. The van der Waals surface area contributed by atoms with E-state index in [2.05, 4.69) is 5.32 Å². The number of ketones is 1. The van der Waals surface area contributed by atoms with Gasteiger partial charge in [-0.05, 0) is 12.5 Å². The van der Waals surface area contributed by atoms with Crippen molar-refractivity contribution >= 4 is 17.8 Å². The second-order valence-electron chi connectivity index (χ2n) is 4.26. The predicted octanol–water partition coefficient (Wildman–Crippen LogP) is 1.83. The van der Waals surface area contributed by atoms with Crippen LogP contribution < -0.4 is 5.32 Å². The van der Waals surface area contributed by atoms with Crippen molar-refractivity contribution in [1.82, 2.24) is 5.32 Å². The number of hydrogen-bond acceptors (Lipinski definition) is 5. The molecule has 0 heterocycles. The van der Waals surface area contributed by atoms with E-state index in [0.29, 0.717) is 0 Å². The molecule has 0 aliphatic heterocycles. The summed E-state index contributed by atoms with van der Waals surface area (Å²) in [6.45, 7) is 1.97. The first kappa shape index (κ1) is 16.7. The van der Waals surface area contributed by atoms with Gasteiger partial charge in [-0.2, -0.15) is 0 Å². The number of carbonyl (C=O) groups excluding carboxylic acids is 3. The number of rotatable bonds is 8. The first-order valence-electron chi connectivity index (χ1n) is 6.73. The molecule has 0 bridgehead atoms. The molecule has 0 atom stereocenters. The fourth-order valence-electron chi connectivity index (χ4n) is 1.51. The lowest BCUT2D eigenvalue weighted by molar-refractivity contribution is -0.144. The lowest BCUT2D eigenvalue weighted by atomic mass is 10.2. The molecule has 21 heavy (non-hydrogen) atoms. The Morgan fingerprint density at radius 2 is 1.76 bits per heavy atom. The van der Waals surface area contributed by atoms with Crippen LogP contribution in [0.3, 0.4) is 0 Å². The smallest absolute Gasteiger partial charge is 0.407 e. The highest BCUT2D eigenvalue weighted by atomic mass is 16.5. The van der Waals surface area contributed by atoms with Crippen LogP contribution in [0.25, 0.3) is 0 Å². The molecule has 0 unspecified atom stereocenters. The van der Waals surface area contributed by atoms with Gasteiger partial charge in [0.05, 0.1) is 19.6 Å². The molecule has 0 aliphatic rings. The molecule has 1 N–H and O–H groups in total. The van der Waals surface area contributed by atoms with Gasteiger partial charge in [0.2, 0.25) is 0 Å². The van der Waals surface area contributed by atoms with E-state index < -0.39 is 12.1 Å². The highest BCUT2D eigenvalue weighted by Crippen LogP contribution is 2.00. The summed E-state index contributed by atoms with van der Waals surface area (Å²) in [5.74, 6) is -0.669. The zero-order valence-corrected chi connectivity index (χ0v) is 12.0. The molecule has 1 amide bonds. The molecule has 0 saturated heterocycles. The van der Waals surface area contributed by atoms with Crippen molar-refractivity contribution in [3.05, 3.63) is 35.9 Å². The molecule has 0 aliphatic carbocycles. The Morgan fingerprint density at radius 1 is 1.05 bits per heavy atom. The van der Waals surface area contributed by atoms with Crippen molar-refractivity contribution < 1.29 is 23.9 Å². The van der Waals surface area contributed by atoms with Crippen LogP contribution in [-0.2, 0) is 25.7 Å². The second-order valence-corrected chi connectivity index (χ2v) is 4.26. The highest BCUT2D eigenvalue weighted by molar-refractivity contribution is 5.86. The van der Waals surface area contributed by atoms with Crippen molar-refractivity contribution in [3.8, 4) is 0 Å². The third-order valence-corrected chi connectivity index (χ3v) is 2.56. The molecule has 1 rings (SSSR count). The van der Waals surface area contributed by atoms with Gasteiger partial charge in [-0.1, -0.05) is 30.3 Å². The number of amides is 1. The monoisotopic (exact) mass is 293 g/mol. The maximum absolute atomic E-state index is 11.5. The maximum Gasteiger partial charge on any atom is 0.407 e. The van der Waals surface area contributed by atoms with Gasteiger partial charge in [0.15, 0.2) is 5.78 Å². The van der Waals surface area contributed by atoms with Crippen LogP contribution in [0.4, 0.5) is 4.79 Å². The number of hydrogen-bond donors (Lipinski definition) is 1. The third kappa shape index (κ3) is 7.71. The molecule has 6 heteroatoms. The Morgan fingerprint density at radius 3 is 2.43 bits per heavy atom. The number of Topliss-reactive ketones (excluding diaryl/α,β-unsaturated/α-hetero) is 1. The maximum atomic E-state index is 11.5. The van der Waals surface area contributed by atoms with E-state index in [1.807, 2.05) is 30.3 Å². The SMILES string of the molecule is CCOC(=O)CCC(=O)CNC(=O)OCc1ccccc1. The van der Waals surface area contributed by atoms with E-state index in [-0.39, 0.29) is 38.4 Å². The largest absolute Gasteiger partial charge is 0.466 e. The van der Waals surface area contributed by atoms with Crippen molar-refractivity contribution in [2.75, 3.05) is 13.2 Å². The minimum absolute atomic E-state index is 0.0212. The summed E-state index contributed by atoms with van der Waals surface area (Å²) < 4.78 is 9.65. The topological polar surface area (TPSA) is 81.7 Å². The minimum atomic E-state index is -0.664. The summed E-state index contributed by atoms with van der Waals surface area (Å²) in [6.07, 6.45) is -0.603. The molecule has 1 aromatic carbocycles. The number of carbonyl (C=O) groups is 3. The van der Waals surface area contributed by atoms with Crippen LogP contribution in [0.5, 0.6) is 0 Å². The number of ether oxygens (including phenoxy) is 2. The lowest BCUT2D eigenvalue weighted by Gasteiger charge is -2.06. The fraction of sp³-hybridized carbons (Fsp3) is 0.400. The molecule has 0 fully saturated rings. The van der Waals surface area contributed by atoms with Crippen LogP contribution in [0.2, 0.25) is 0 Å². The average Bonchev–Trinajstić information content (AvgIpc) is 2.50. The summed E-state index contributed by atoms with van der Waals surface area (Å²) in [5.41, 5.74) is 0.862. The minimum Gasteiger partial charge on any atom is -0.466 e. The van der Waals surface area contributed by atoms with Crippen LogP contribution in [0.15, 0.2) is 30.3 Å². The number of alkyl carbamates (subject to hydrolysis) is 1. The van der Waals surface area contributed by atoms with Gasteiger partial charge in [0.1, 0.15) is 6.61 Å². The van der Waals surface area contributed by atoms with Crippen LogP contribution in [-0.4, -0.2) is 31.0 Å². The third-order valence-electron chi connectivity index (χ3n) is 2.56. The summed E-state index contributed by atoms with van der Waals surface area (Å²) in [5, 5.41) is 2.35. The summed E-state index contributed by atoms with van der Waals surface area (Å²) in [6, 6.07) is 9.21. The molecule has 0 radical (unpaired) electrons. The molecule has 1 aromatic rings. The first-order valence-corrected chi connectivity index (χ1v) is 6.73. The Kier molecular flexibility index (Phi) is 7.56. The number of nitrogens with one attached hydrogen (secondary N) is 1. The summed E-state index contributed by atoms with van der Waals surface area (Å²) in [7, 11) is 0. The standard InChI is InChI=1S/C15H19NO5/c1-2-20-14(18)9-8-13(17)10-16-15(19)21-11-12-6-4-3-5-7-12/h3-7H,2,8-11H2,1H3,(H,16,19). The Bertz CT molecular complexity index is 472. The van der Waals surface area contributed by atoms with Gasteiger partial charge in [0, 0.05) is 6.42 Å². The Labute approximate surface area is 123 Å². The predicted molar refractivity (Wildman–Crippen MR) is 75.5 cm³/mol. The van der Waals surface area contributed by atoms with Gasteiger partial charge >= 0.3 is 12.1 Å². The van der Waals surface area contributed by atoms with Gasteiger partial charge in [-0.15, -0.1) is 0 Å². The highest BCUT2D eigenvalue weighted by Gasteiger charge is 2.09. The Balaban J connectivity index is 2.15. The molecule has 0 spiro atoms. The first-order chi connectivity index (χ1) is 10.1. The van der Waals surface area contributed by atoms with E-state index in [1.54, 1.807) is 6.92 Å². The van der Waals surface area contributed by atoms with E-state index in [1.165, 1.54) is 0 Å². The quantitative estimate of drug-likeness (QED) is 0.739. The van der Waals surface area contributed by atoms with Crippen molar-refractivity contribution in [2.45, 2.75) is 26.4 Å². The van der Waals surface area contributed by atoms with Gasteiger partial charge in [0.25, 0.3) is 0 Å². The summed E-state index contributed by atoms with van der Waals surface area (Å²) >= 11 is 0. The molecule has 6 nitrogen and oxygen atoms in total. The van der Waals surface area contributed by atoms with E-state index >= 15 is 0 Å². The fourth-order valence-corrected chi connectivity index (χ4v) is 1.51. The zero-order valence-electron chi connectivity index (χ0n) is 12.0. The van der Waals surface area contributed by atoms with E-state index in [4.69, 9.17) is 9.47 Å².